The fourth-order valence-electron chi connectivity index (χ4n) is 3.35. The molecular formula is C20H17BrFN3O. The molecular weight excluding hydrogens is 397 g/mol. The van der Waals surface area contributed by atoms with E-state index in [1.807, 2.05) is 42.6 Å². The van der Waals surface area contributed by atoms with Gasteiger partial charge in [0.1, 0.15) is 5.82 Å². The quantitative estimate of drug-likeness (QED) is 0.628. The second kappa shape index (κ2) is 6.96. The van der Waals surface area contributed by atoms with Gasteiger partial charge in [-0.15, -0.1) is 0 Å². The monoisotopic (exact) mass is 413 g/mol. The van der Waals surface area contributed by atoms with Gasteiger partial charge in [0, 0.05) is 29.5 Å². The normalized spacial score (nSPS) is 16.2. The number of amides is 2. The Kier molecular flexibility index (Phi) is 4.51. The van der Waals surface area contributed by atoms with Crippen molar-refractivity contribution in [3.63, 3.8) is 0 Å². The SMILES string of the molecule is O=C(Nc1ccccc1F)N1CCn2cccc2C1c1ccc(Br)cc1. The Hall–Kier alpha value is -2.60. The number of benzene rings is 2. The van der Waals surface area contributed by atoms with E-state index in [4.69, 9.17) is 0 Å². The minimum absolute atomic E-state index is 0.188. The summed E-state index contributed by atoms with van der Waals surface area (Å²) in [5.74, 6) is -0.443. The van der Waals surface area contributed by atoms with Crippen LogP contribution in [0.5, 0.6) is 0 Å². The van der Waals surface area contributed by atoms with E-state index in [0.29, 0.717) is 13.1 Å². The minimum Gasteiger partial charge on any atom is -0.348 e. The van der Waals surface area contributed by atoms with Crippen molar-refractivity contribution in [3.05, 3.63) is 88.4 Å². The molecule has 1 aromatic heterocycles. The van der Waals surface area contributed by atoms with E-state index >= 15 is 0 Å². The van der Waals surface area contributed by atoms with Crippen molar-refractivity contribution >= 4 is 27.6 Å². The van der Waals surface area contributed by atoms with E-state index in [9.17, 15) is 9.18 Å². The number of anilines is 1. The van der Waals surface area contributed by atoms with Crippen LogP contribution in [0.2, 0.25) is 0 Å². The fourth-order valence-corrected chi connectivity index (χ4v) is 3.61. The first kappa shape index (κ1) is 16.8. The topological polar surface area (TPSA) is 37.3 Å². The van der Waals surface area contributed by atoms with Crippen LogP contribution in [-0.4, -0.2) is 22.0 Å². The number of hydrogen-bond donors (Lipinski definition) is 1. The lowest BCUT2D eigenvalue weighted by Gasteiger charge is -2.37. The summed E-state index contributed by atoms with van der Waals surface area (Å²) in [5.41, 5.74) is 2.24. The van der Waals surface area contributed by atoms with E-state index in [2.05, 4.69) is 25.8 Å². The highest BCUT2D eigenvalue weighted by Gasteiger charge is 2.32. The van der Waals surface area contributed by atoms with Crippen molar-refractivity contribution in [2.24, 2.45) is 0 Å². The Morgan fingerprint density at radius 3 is 2.58 bits per heavy atom. The van der Waals surface area contributed by atoms with Crippen molar-refractivity contribution < 1.29 is 9.18 Å². The van der Waals surface area contributed by atoms with Crippen molar-refractivity contribution in [2.45, 2.75) is 12.6 Å². The van der Waals surface area contributed by atoms with Gasteiger partial charge in [0.05, 0.1) is 11.7 Å². The highest BCUT2D eigenvalue weighted by Crippen LogP contribution is 2.33. The average molecular weight is 414 g/mol. The lowest BCUT2D eigenvalue weighted by Crippen LogP contribution is -2.44. The van der Waals surface area contributed by atoms with Gasteiger partial charge in [0.15, 0.2) is 0 Å². The number of urea groups is 1. The molecule has 2 aromatic carbocycles. The molecule has 6 heteroatoms. The van der Waals surface area contributed by atoms with Crippen molar-refractivity contribution in [3.8, 4) is 0 Å². The Bertz CT molecular complexity index is 938. The zero-order chi connectivity index (χ0) is 18.1. The molecule has 0 saturated heterocycles. The molecule has 1 unspecified atom stereocenters. The van der Waals surface area contributed by atoms with Gasteiger partial charge >= 0.3 is 6.03 Å². The van der Waals surface area contributed by atoms with E-state index in [0.717, 1.165) is 15.7 Å². The Balaban J connectivity index is 1.68. The number of nitrogens with zero attached hydrogens (tertiary/aromatic N) is 2. The number of halogens is 2. The van der Waals surface area contributed by atoms with Crippen LogP contribution in [0.1, 0.15) is 17.3 Å². The summed E-state index contributed by atoms with van der Waals surface area (Å²) in [5, 5.41) is 2.71. The van der Waals surface area contributed by atoms with E-state index in [1.54, 1.807) is 23.1 Å². The van der Waals surface area contributed by atoms with Gasteiger partial charge in [-0.1, -0.05) is 40.2 Å². The highest BCUT2D eigenvalue weighted by molar-refractivity contribution is 9.10. The number of rotatable bonds is 2. The molecule has 2 amide bonds. The maximum Gasteiger partial charge on any atom is 0.322 e. The van der Waals surface area contributed by atoms with Crippen LogP contribution in [0.25, 0.3) is 0 Å². The molecule has 4 nitrogen and oxygen atoms in total. The van der Waals surface area contributed by atoms with Gasteiger partial charge in [0.25, 0.3) is 0 Å². The lowest BCUT2D eigenvalue weighted by molar-refractivity contribution is 0.181. The second-order valence-corrected chi connectivity index (χ2v) is 7.10. The predicted octanol–water partition coefficient (Wildman–Crippen LogP) is 5.03. The molecule has 0 radical (unpaired) electrons. The molecule has 132 valence electrons. The summed E-state index contributed by atoms with van der Waals surface area (Å²) < 4.78 is 17.1. The molecule has 1 atom stereocenters. The minimum atomic E-state index is -0.443. The van der Waals surface area contributed by atoms with Crippen LogP contribution >= 0.6 is 15.9 Å². The Labute approximate surface area is 159 Å². The molecule has 1 aliphatic rings. The largest absolute Gasteiger partial charge is 0.348 e. The highest BCUT2D eigenvalue weighted by atomic mass is 79.9. The van der Waals surface area contributed by atoms with Gasteiger partial charge in [0.2, 0.25) is 0 Å². The molecule has 3 aromatic rings. The third kappa shape index (κ3) is 3.12. The number of aromatic nitrogens is 1. The first-order chi connectivity index (χ1) is 12.6. The smallest absolute Gasteiger partial charge is 0.322 e. The number of carbonyl (C=O) groups excluding carboxylic acids is 1. The van der Waals surface area contributed by atoms with Crippen LogP contribution in [0.4, 0.5) is 14.9 Å². The molecule has 1 N–H and O–H groups in total. The van der Waals surface area contributed by atoms with Crippen LogP contribution < -0.4 is 5.32 Å². The van der Waals surface area contributed by atoms with Crippen molar-refractivity contribution in [1.82, 2.24) is 9.47 Å². The fraction of sp³-hybridized carbons (Fsp3) is 0.150. The molecule has 26 heavy (non-hydrogen) atoms. The molecule has 1 aliphatic heterocycles. The first-order valence-corrected chi connectivity index (χ1v) is 9.15. The number of carbonyl (C=O) groups is 1. The van der Waals surface area contributed by atoms with Gasteiger partial charge in [-0.25, -0.2) is 9.18 Å². The zero-order valence-corrected chi connectivity index (χ0v) is 15.5. The van der Waals surface area contributed by atoms with Gasteiger partial charge in [-0.05, 0) is 42.0 Å². The van der Waals surface area contributed by atoms with Crippen molar-refractivity contribution in [2.75, 3.05) is 11.9 Å². The molecule has 0 bridgehead atoms. The van der Waals surface area contributed by atoms with Crippen LogP contribution in [0, 0.1) is 5.82 Å². The molecule has 4 rings (SSSR count). The summed E-state index contributed by atoms with van der Waals surface area (Å²) in [6, 6.07) is 17.6. The van der Waals surface area contributed by atoms with Crippen LogP contribution in [-0.2, 0) is 6.54 Å². The molecule has 0 saturated carbocycles. The van der Waals surface area contributed by atoms with E-state index in [1.165, 1.54) is 6.07 Å². The molecule has 0 fully saturated rings. The first-order valence-electron chi connectivity index (χ1n) is 8.36. The predicted molar refractivity (Wildman–Crippen MR) is 103 cm³/mol. The molecule has 0 aliphatic carbocycles. The molecule has 2 heterocycles. The van der Waals surface area contributed by atoms with Crippen LogP contribution in [0.15, 0.2) is 71.3 Å². The van der Waals surface area contributed by atoms with Gasteiger partial charge in [-0.3, -0.25) is 0 Å². The summed E-state index contributed by atoms with van der Waals surface area (Å²) >= 11 is 3.45. The number of hydrogen-bond acceptors (Lipinski definition) is 1. The summed E-state index contributed by atoms with van der Waals surface area (Å²) in [7, 11) is 0. The van der Waals surface area contributed by atoms with Crippen molar-refractivity contribution in [1.29, 1.82) is 0 Å². The van der Waals surface area contributed by atoms with Gasteiger partial charge < -0.3 is 14.8 Å². The third-order valence-electron chi connectivity index (χ3n) is 4.60. The summed E-state index contributed by atoms with van der Waals surface area (Å²) in [6.45, 7) is 1.25. The maximum atomic E-state index is 13.9. The lowest BCUT2D eigenvalue weighted by atomic mass is 10.0. The standard InChI is InChI=1S/C20H17BrFN3O/c21-15-9-7-14(8-10-15)19-18-6-3-11-24(18)12-13-25(19)20(26)23-17-5-2-1-4-16(17)22/h1-11,19H,12-13H2,(H,23,26). The average Bonchev–Trinajstić information content (AvgIpc) is 3.12. The third-order valence-corrected chi connectivity index (χ3v) is 5.13. The van der Waals surface area contributed by atoms with Gasteiger partial charge in [-0.2, -0.15) is 0 Å². The number of fused-ring (bicyclic) bond motifs is 1. The summed E-state index contributed by atoms with van der Waals surface area (Å²) in [4.78, 5) is 14.7. The van der Waals surface area contributed by atoms with E-state index < -0.39 is 5.82 Å². The summed E-state index contributed by atoms with van der Waals surface area (Å²) in [6.07, 6.45) is 2.02. The Morgan fingerprint density at radius 1 is 1.04 bits per heavy atom. The Morgan fingerprint density at radius 2 is 1.81 bits per heavy atom. The van der Waals surface area contributed by atoms with Crippen LogP contribution in [0.3, 0.4) is 0 Å². The number of nitrogens with one attached hydrogen (secondary N) is 1. The molecule has 0 spiro atoms. The maximum absolute atomic E-state index is 13.9. The second-order valence-electron chi connectivity index (χ2n) is 6.18. The van der Waals surface area contributed by atoms with E-state index in [-0.39, 0.29) is 17.8 Å². The number of para-hydroxylation sites is 1. The zero-order valence-electron chi connectivity index (χ0n) is 13.9.